The van der Waals surface area contributed by atoms with Crippen LogP contribution in [0.2, 0.25) is 0 Å². The molecule has 1 heterocycles. The zero-order valence-corrected chi connectivity index (χ0v) is 13.9. The third-order valence-corrected chi connectivity index (χ3v) is 4.94. The van der Waals surface area contributed by atoms with Crippen molar-refractivity contribution < 1.29 is 9.53 Å². The third kappa shape index (κ3) is 2.24. The van der Waals surface area contributed by atoms with Crippen LogP contribution in [0.15, 0.2) is 66.7 Å². The number of amides is 1. The maximum Gasteiger partial charge on any atom is 0.248 e. The van der Waals surface area contributed by atoms with Crippen LogP contribution in [0, 0.1) is 0 Å². The van der Waals surface area contributed by atoms with Gasteiger partial charge in [-0.1, -0.05) is 48.5 Å². The number of rotatable bonds is 3. The van der Waals surface area contributed by atoms with E-state index < -0.39 is 5.38 Å². The maximum atomic E-state index is 12.5. The van der Waals surface area contributed by atoms with Gasteiger partial charge in [-0.2, -0.15) is 0 Å². The van der Waals surface area contributed by atoms with E-state index in [1.165, 1.54) is 0 Å². The zero-order valence-electron chi connectivity index (χ0n) is 13.1. The first-order valence-electron chi connectivity index (χ1n) is 7.79. The number of anilines is 1. The summed E-state index contributed by atoms with van der Waals surface area (Å²) >= 11 is 6.35. The lowest BCUT2D eigenvalue weighted by Gasteiger charge is -2.45. The molecule has 3 aromatic carbocycles. The maximum absolute atomic E-state index is 12.5. The monoisotopic (exact) mass is 337 g/mol. The normalized spacial score (nSPS) is 20.1. The minimum Gasteiger partial charge on any atom is -0.497 e. The third-order valence-electron chi connectivity index (χ3n) is 4.51. The molecule has 24 heavy (non-hydrogen) atoms. The van der Waals surface area contributed by atoms with Gasteiger partial charge in [0.15, 0.2) is 0 Å². The van der Waals surface area contributed by atoms with Crippen LogP contribution >= 0.6 is 11.6 Å². The van der Waals surface area contributed by atoms with Crippen LogP contribution in [0.4, 0.5) is 5.69 Å². The Hall–Kier alpha value is -2.52. The van der Waals surface area contributed by atoms with Gasteiger partial charge in [0.05, 0.1) is 18.8 Å². The van der Waals surface area contributed by atoms with Gasteiger partial charge in [0.1, 0.15) is 11.1 Å². The van der Waals surface area contributed by atoms with Crippen molar-refractivity contribution in [3.8, 4) is 5.75 Å². The van der Waals surface area contributed by atoms with Gasteiger partial charge >= 0.3 is 0 Å². The van der Waals surface area contributed by atoms with E-state index in [1.807, 2.05) is 66.7 Å². The molecule has 4 heteroatoms. The summed E-state index contributed by atoms with van der Waals surface area (Å²) in [7, 11) is 1.63. The average molecular weight is 338 g/mol. The van der Waals surface area contributed by atoms with Gasteiger partial charge < -0.3 is 9.64 Å². The second-order valence-corrected chi connectivity index (χ2v) is 6.30. The van der Waals surface area contributed by atoms with Gasteiger partial charge in [-0.25, -0.2) is 0 Å². The fraction of sp³-hybridized carbons (Fsp3) is 0.150. The van der Waals surface area contributed by atoms with Gasteiger partial charge in [0.2, 0.25) is 5.91 Å². The quantitative estimate of drug-likeness (QED) is 0.518. The molecule has 0 saturated carbocycles. The van der Waals surface area contributed by atoms with Crippen molar-refractivity contribution in [2.75, 3.05) is 12.0 Å². The van der Waals surface area contributed by atoms with Crippen molar-refractivity contribution in [2.24, 2.45) is 0 Å². The number of methoxy groups -OCH3 is 1. The minimum absolute atomic E-state index is 0.0613. The van der Waals surface area contributed by atoms with Crippen LogP contribution in [-0.2, 0) is 4.79 Å². The molecule has 1 amide bonds. The van der Waals surface area contributed by atoms with Crippen molar-refractivity contribution in [1.29, 1.82) is 0 Å². The summed E-state index contributed by atoms with van der Waals surface area (Å²) in [4.78, 5) is 14.3. The van der Waals surface area contributed by atoms with Crippen molar-refractivity contribution in [3.63, 3.8) is 0 Å². The largest absolute Gasteiger partial charge is 0.497 e. The molecule has 1 saturated heterocycles. The predicted octanol–water partition coefficient (Wildman–Crippen LogP) is 4.54. The molecule has 2 unspecified atom stereocenters. The van der Waals surface area contributed by atoms with E-state index >= 15 is 0 Å². The Morgan fingerprint density at radius 2 is 1.67 bits per heavy atom. The van der Waals surface area contributed by atoms with Crippen LogP contribution in [0.5, 0.6) is 5.75 Å². The SMILES string of the molecule is COc1ccc(C2C(Cl)C(=O)N2c2cccc3ccccc23)cc1. The van der Waals surface area contributed by atoms with Gasteiger partial charge in [-0.05, 0) is 29.1 Å². The number of ether oxygens (including phenoxy) is 1. The molecule has 4 rings (SSSR count). The summed E-state index contributed by atoms with van der Waals surface area (Å²) in [5.74, 6) is 0.723. The first-order valence-corrected chi connectivity index (χ1v) is 8.23. The fourth-order valence-electron chi connectivity index (χ4n) is 3.26. The topological polar surface area (TPSA) is 29.5 Å². The molecular formula is C20H16ClNO2. The average Bonchev–Trinajstić information content (AvgIpc) is 2.65. The molecule has 1 aliphatic rings. The van der Waals surface area contributed by atoms with Crippen molar-refractivity contribution >= 4 is 34.0 Å². The minimum atomic E-state index is -0.544. The summed E-state index contributed by atoms with van der Waals surface area (Å²) < 4.78 is 5.20. The second-order valence-electron chi connectivity index (χ2n) is 5.83. The fourth-order valence-corrected chi connectivity index (χ4v) is 3.62. The molecule has 3 aromatic rings. The number of benzene rings is 3. The Labute approximate surface area is 145 Å². The molecule has 1 fully saturated rings. The van der Waals surface area contributed by atoms with E-state index in [4.69, 9.17) is 16.3 Å². The summed E-state index contributed by atoms with van der Waals surface area (Å²) in [5, 5.41) is 1.61. The Morgan fingerprint density at radius 3 is 2.42 bits per heavy atom. The summed E-state index contributed by atoms with van der Waals surface area (Å²) in [6.45, 7) is 0. The Morgan fingerprint density at radius 1 is 0.958 bits per heavy atom. The Bertz CT molecular complexity index is 902. The van der Waals surface area contributed by atoms with Gasteiger partial charge in [-0.15, -0.1) is 11.6 Å². The van der Waals surface area contributed by atoms with E-state index in [0.717, 1.165) is 27.8 Å². The van der Waals surface area contributed by atoms with Crippen LogP contribution < -0.4 is 9.64 Å². The highest BCUT2D eigenvalue weighted by Gasteiger charge is 2.48. The molecule has 0 bridgehead atoms. The molecule has 0 N–H and O–H groups in total. The number of halogens is 1. The summed E-state index contributed by atoms with van der Waals surface area (Å²) in [6.07, 6.45) is 0. The molecule has 0 radical (unpaired) electrons. The second kappa shape index (κ2) is 5.84. The molecule has 3 nitrogen and oxygen atoms in total. The Balaban J connectivity index is 1.79. The first-order chi connectivity index (χ1) is 11.7. The molecule has 1 aliphatic heterocycles. The van der Waals surface area contributed by atoms with Gasteiger partial charge in [-0.3, -0.25) is 4.79 Å². The van der Waals surface area contributed by atoms with E-state index in [0.29, 0.717) is 0 Å². The van der Waals surface area contributed by atoms with Gasteiger partial charge in [0, 0.05) is 5.39 Å². The van der Waals surface area contributed by atoms with Gasteiger partial charge in [0.25, 0.3) is 0 Å². The van der Waals surface area contributed by atoms with E-state index in [-0.39, 0.29) is 11.9 Å². The molecule has 2 atom stereocenters. The van der Waals surface area contributed by atoms with Crippen LogP contribution in [0.1, 0.15) is 11.6 Å². The summed E-state index contributed by atoms with van der Waals surface area (Å²) in [6, 6.07) is 21.6. The molecular weight excluding hydrogens is 322 g/mol. The van der Waals surface area contributed by atoms with Crippen LogP contribution in [0.25, 0.3) is 10.8 Å². The number of β-lactam (4-membered cyclic amide) rings is 1. The summed E-state index contributed by atoms with van der Waals surface area (Å²) in [5.41, 5.74) is 1.90. The molecule has 120 valence electrons. The number of carbonyl (C=O) groups is 1. The van der Waals surface area contributed by atoms with Crippen molar-refractivity contribution in [1.82, 2.24) is 0 Å². The number of hydrogen-bond donors (Lipinski definition) is 0. The highest BCUT2D eigenvalue weighted by molar-refractivity contribution is 6.37. The van der Waals surface area contributed by atoms with Crippen LogP contribution in [0.3, 0.4) is 0 Å². The first kappa shape index (κ1) is 15.0. The molecule has 0 spiro atoms. The highest BCUT2D eigenvalue weighted by atomic mass is 35.5. The van der Waals surface area contributed by atoms with E-state index in [2.05, 4.69) is 0 Å². The lowest BCUT2D eigenvalue weighted by molar-refractivity contribution is -0.123. The number of nitrogens with zero attached hydrogens (tertiary/aromatic N) is 1. The van der Waals surface area contributed by atoms with Crippen molar-refractivity contribution in [3.05, 3.63) is 72.3 Å². The number of hydrogen-bond acceptors (Lipinski definition) is 2. The predicted molar refractivity (Wildman–Crippen MR) is 96.8 cm³/mol. The van der Waals surface area contributed by atoms with E-state index in [9.17, 15) is 4.79 Å². The van der Waals surface area contributed by atoms with E-state index in [1.54, 1.807) is 12.0 Å². The Kier molecular flexibility index (Phi) is 3.66. The number of alkyl halides is 1. The number of carbonyl (C=O) groups excluding carboxylic acids is 1. The lowest BCUT2D eigenvalue weighted by Crippen LogP contribution is -2.56. The van der Waals surface area contributed by atoms with Crippen molar-refractivity contribution in [2.45, 2.75) is 11.4 Å². The number of fused-ring (bicyclic) bond motifs is 1. The smallest absolute Gasteiger partial charge is 0.248 e. The zero-order chi connectivity index (χ0) is 16.7. The standard InChI is InChI=1S/C20H16ClNO2/c1-24-15-11-9-14(10-12-15)19-18(21)20(23)22(19)17-8-4-6-13-5-2-3-7-16(13)17/h2-12,18-19H,1H3. The molecule has 0 aliphatic carbocycles. The molecule has 0 aromatic heterocycles. The van der Waals surface area contributed by atoms with Crippen LogP contribution in [-0.4, -0.2) is 18.4 Å². The highest BCUT2D eigenvalue weighted by Crippen LogP contribution is 2.44. The lowest BCUT2D eigenvalue weighted by atomic mass is 9.91.